The van der Waals surface area contributed by atoms with Gasteiger partial charge in [-0.3, -0.25) is 9.58 Å². The number of rotatable bonds is 7. The van der Waals surface area contributed by atoms with E-state index in [9.17, 15) is 0 Å². The van der Waals surface area contributed by atoms with E-state index in [1.807, 2.05) is 0 Å². The Kier molecular flexibility index (Phi) is 6.05. The quantitative estimate of drug-likeness (QED) is 0.830. The molecule has 1 aromatic rings. The van der Waals surface area contributed by atoms with Crippen molar-refractivity contribution in [3.05, 3.63) is 17.5 Å². The van der Waals surface area contributed by atoms with Crippen molar-refractivity contribution in [3.8, 4) is 0 Å². The van der Waals surface area contributed by atoms with Crippen molar-refractivity contribution < 1.29 is 0 Å². The fourth-order valence-electron chi connectivity index (χ4n) is 3.12. The third-order valence-electron chi connectivity index (χ3n) is 4.23. The van der Waals surface area contributed by atoms with Crippen LogP contribution in [0.2, 0.25) is 0 Å². The molecule has 1 aromatic heterocycles. The van der Waals surface area contributed by atoms with Crippen LogP contribution in [-0.2, 0) is 20.0 Å². The summed E-state index contributed by atoms with van der Waals surface area (Å²) in [5.41, 5.74) is 2.55. The summed E-state index contributed by atoms with van der Waals surface area (Å²) in [5.74, 6) is 0.814. The van der Waals surface area contributed by atoms with Gasteiger partial charge < -0.3 is 5.32 Å². The van der Waals surface area contributed by atoms with E-state index in [0.29, 0.717) is 0 Å². The zero-order valence-corrected chi connectivity index (χ0v) is 13.4. The number of piperidine rings is 1. The van der Waals surface area contributed by atoms with Crippen molar-refractivity contribution >= 4 is 0 Å². The fourth-order valence-corrected chi connectivity index (χ4v) is 3.12. The molecule has 0 radical (unpaired) electrons. The monoisotopic (exact) mass is 278 g/mol. The number of aryl methyl sites for hydroxylation is 2. The first-order chi connectivity index (χ1) is 9.72. The Morgan fingerprint density at radius 3 is 2.90 bits per heavy atom. The van der Waals surface area contributed by atoms with Crippen LogP contribution in [0.5, 0.6) is 0 Å². The van der Waals surface area contributed by atoms with Crippen molar-refractivity contribution in [1.29, 1.82) is 0 Å². The lowest BCUT2D eigenvalue weighted by molar-refractivity contribution is 0.197. The molecule has 1 unspecified atom stereocenters. The summed E-state index contributed by atoms with van der Waals surface area (Å²) in [6, 6.07) is 2.27. The molecular formula is C16H30N4. The van der Waals surface area contributed by atoms with Crippen LogP contribution in [0.15, 0.2) is 6.07 Å². The maximum atomic E-state index is 4.57. The van der Waals surface area contributed by atoms with Crippen molar-refractivity contribution in [2.24, 2.45) is 13.0 Å². The van der Waals surface area contributed by atoms with E-state index >= 15 is 0 Å². The molecule has 1 saturated heterocycles. The maximum absolute atomic E-state index is 4.57. The molecule has 0 bridgehead atoms. The molecule has 0 saturated carbocycles. The normalized spacial score (nSPS) is 19.7. The minimum absolute atomic E-state index is 0.814. The summed E-state index contributed by atoms with van der Waals surface area (Å²) in [5, 5.41) is 8.09. The molecule has 0 aromatic carbocycles. The number of nitrogens with one attached hydrogen (secondary N) is 1. The number of hydrogen-bond acceptors (Lipinski definition) is 3. The summed E-state index contributed by atoms with van der Waals surface area (Å²) in [4.78, 5) is 2.61. The van der Waals surface area contributed by atoms with Gasteiger partial charge in [-0.15, -0.1) is 0 Å². The minimum Gasteiger partial charge on any atom is -0.316 e. The van der Waals surface area contributed by atoms with Crippen LogP contribution in [0, 0.1) is 5.92 Å². The molecule has 2 rings (SSSR count). The molecule has 1 fully saturated rings. The second-order valence-corrected chi connectivity index (χ2v) is 6.05. The number of aromatic nitrogens is 2. The van der Waals surface area contributed by atoms with Gasteiger partial charge in [-0.2, -0.15) is 5.10 Å². The van der Waals surface area contributed by atoms with E-state index in [4.69, 9.17) is 0 Å². The molecule has 2 heterocycles. The lowest BCUT2D eigenvalue weighted by atomic mass is 9.99. The largest absolute Gasteiger partial charge is 0.316 e. The van der Waals surface area contributed by atoms with Crippen LogP contribution < -0.4 is 5.32 Å². The average Bonchev–Trinajstić information content (AvgIpc) is 2.81. The van der Waals surface area contributed by atoms with Crippen molar-refractivity contribution in [2.75, 3.05) is 26.2 Å². The van der Waals surface area contributed by atoms with Gasteiger partial charge in [-0.05, 0) is 57.3 Å². The highest BCUT2D eigenvalue weighted by atomic mass is 15.3. The highest BCUT2D eigenvalue weighted by molar-refractivity contribution is 5.10. The first-order valence-electron chi connectivity index (χ1n) is 8.17. The Morgan fingerprint density at radius 1 is 1.45 bits per heavy atom. The Labute approximate surface area is 123 Å². The third kappa shape index (κ3) is 4.32. The SMILES string of the molecule is CCCN(Cc1cc(CC)nn1C)CC1CCCNC1. The second-order valence-electron chi connectivity index (χ2n) is 6.05. The molecule has 1 atom stereocenters. The zero-order valence-electron chi connectivity index (χ0n) is 13.4. The lowest BCUT2D eigenvalue weighted by Crippen LogP contribution is -2.38. The van der Waals surface area contributed by atoms with Crippen LogP contribution in [-0.4, -0.2) is 40.9 Å². The standard InChI is InChI=1S/C16H30N4/c1-4-9-20(12-14-7-6-8-17-11-14)13-16-10-15(5-2)18-19(16)3/h10,14,17H,4-9,11-13H2,1-3H3. The molecular weight excluding hydrogens is 248 g/mol. The van der Waals surface area contributed by atoms with Crippen LogP contribution in [0.3, 0.4) is 0 Å². The van der Waals surface area contributed by atoms with Gasteiger partial charge in [-0.1, -0.05) is 13.8 Å². The minimum atomic E-state index is 0.814. The fraction of sp³-hybridized carbons (Fsp3) is 0.812. The van der Waals surface area contributed by atoms with Gasteiger partial charge in [0.1, 0.15) is 0 Å². The van der Waals surface area contributed by atoms with Crippen molar-refractivity contribution in [1.82, 2.24) is 20.0 Å². The molecule has 0 spiro atoms. The summed E-state index contributed by atoms with van der Waals surface area (Å²) in [6.45, 7) is 10.3. The smallest absolute Gasteiger partial charge is 0.0625 e. The van der Waals surface area contributed by atoms with Crippen LogP contribution in [0.1, 0.15) is 44.5 Å². The van der Waals surface area contributed by atoms with Gasteiger partial charge in [0.2, 0.25) is 0 Å². The van der Waals surface area contributed by atoms with Crippen LogP contribution in [0.4, 0.5) is 0 Å². The van der Waals surface area contributed by atoms with Gasteiger partial charge in [0.15, 0.2) is 0 Å². The van der Waals surface area contributed by atoms with Crippen molar-refractivity contribution in [3.63, 3.8) is 0 Å². The van der Waals surface area contributed by atoms with E-state index in [2.05, 4.69) is 47.0 Å². The third-order valence-corrected chi connectivity index (χ3v) is 4.23. The Morgan fingerprint density at radius 2 is 2.30 bits per heavy atom. The zero-order chi connectivity index (χ0) is 14.4. The molecule has 1 aliphatic heterocycles. The van der Waals surface area contributed by atoms with E-state index < -0.39 is 0 Å². The highest BCUT2D eigenvalue weighted by Crippen LogP contribution is 2.15. The second kappa shape index (κ2) is 7.79. The topological polar surface area (TPSA) is 33.1 Å². The van der Waals surface area contributed by atoms with Crippen molar-refractivity contribution in [2.45, 2.75) is 46.1 Å². The Hall–Kier alpha value is -0.870. The Bertz CT molecular complexity index is 393. The first-order valence-corrected chi connectivity index (χ1v) is 8.17. The predicted molar refractivity (Wildman–Crippen MR) is 83.7 cm³/mol. The van der Waals surface area contributed by atoms with Crippen LogP contribution in [0.25, 0.3) is 0 Å². The van der Waals surface area contributed by atoms with Crippen LogP contribution >= 0.6 is 0 Å². The number of hydrogen-bond donors (Lipinski definition) is 1. The molecule has 114 valence electrons. The van der Waals surface area contributed by atoms with E-state index in [1.54, 1.807) is 0 Å². The summed E-state index contributed by atoms with van der Waals surface area (Å²) in [6.07, 6.45) is 4.95. The molecule has 0 amide bonds. The van der Waals surface area contributed by atoms with E-state index in [0.717, 1.165) is 18.9 Å². The van der Waals surface area contributed by atoms with Gasteiger partial charge in [0.05, 0.1) is 11.4 Å². The van der Waals surface area contributed by atoms with E-state index in [1.165, 1.54) is 56.8 Å². The Balaban J connectivity index is 1.94. The van der Waals surface area contributed by atoms with Gasteiger partial charge in [0, 0.05) is 20.1 Å². The van der Waals surface area contributed by atoms with Gasteiger partial charge >= 0.3 is 0 Å². The van der Waals surface area contributed by atoms with E-state index in [-0.39, 0.29) is 0 Å². The molecule has 20 heavy (non-hydrogen) atoms. The maximum Gasteiger partial charge on any atom is 0.0625 e. The summed E-state index contributed by atoms with van der Waals surface area (Å²) in [7, 11) is 2.07. The first kappa shape index (κ1) is 15.5. The molecule has 4 nitrogen and oxygen atoms in total. The molecule has 0 aliphatic carbocycles. The lowest BCUT2D eigenvalue weighted by Gasteiger charge is -2.30. The summed E-state index contributed by atoms with van der Waals surface area (Å²) >= 11 is 0. The summed E-state index contributed by atoms with van der Waals surface area (Å²) < 4.78 is 2.06. The molecule has 1 N–H and O–H groups in total. The molecule has 4 heteroatoms. The predicted octanol–water partition coefficient (Wildman–Crippen LogP) is 2.19. The highest BCUT2D eigenvalue weighted by Gasteiger charge is 2.18. The van der Waals surface area contributed by atoms with Gasteiger partial charge in [0.25, 0.3) is 0 Å². The average molecular weight is 278 g/mol. The number of nitrogens with zero attached hydrogens (tertiary/aromatic N) is 3. The molecule has 1 aliphatic rings. The van der Waals surface area contributed by atoms with Gasteiger partial charge in [-0.25, -0.2) is 0 Å².